The largest absolute Gasteiger partial charge is 0.382 e. The van der Waals surface area contributed by atoms with E-state index in [1.807, 2.05) is 0 Å². The smallest absolute Gasteiger partial charge is 0.224 e. The molecule has 0 aromatic carbocycles. The lowest BCUT2D eigenvalue weighted by Crippen LogP contribution is -2.37. The van der Waals surface area contributed by atoms with Gasteiger partial charge in [0.2, 0.25) is 5.91 Å². The zero-order valence-electron chi connectivity index (χ0n) is 13.5. The fourth-order valence-electron chi connectivity index (χ4n) is 1.95. The molecule has 1 unspecified atom stereocenters. The molecule has 3 N–H and O–H groups in total. The van der Waals surface area contributed by atoms with Gasteiger partial charge in [-0.3, -0.25) is 4.79 Å². The van der Waals surface area contributed by atoms with Gasteiger partial charge in [0.25, 0.3) is 0 Å². The monoisotopic (exact) mass is 288 g/mol. The summed E-state index contributed by atoms with van der Waals surface area (Å²) in [6.45, 7) is 9.43. The second-order valence-corrected chi connectivity index (χ2v) is 6.30. The van der Waals surface area contributed by atoms with Crippen molar-refractivity contribution < 1.29 is 14.3 Å². The normalized spacial score (nSPS) is 13.2. The van der Waals surface area contributed by atoms with Gasteiger partial charge in [0.15, 0.2) is 0 Å². The number of methoxy groups -OCH3 is 1. The van der Waals surface area contributed by atoms with Crippen LogP contribution in [0.15, 0.2) is 0 Å². The van der Waals surface area contributed by atoms with Crippen LogP contribution in [0.2, 0.25) is 0 Å². The van der Waals surface area contributed by atoms with E-state index >= 15 is 0 Å². The van der Waals surface area contributed by atoms with Gasteiger partial charge in [-0.05, 0) is 24.7 Å². The topological polar surface area (TPSA) is 73.6 Å². The second kappa shape index (κ2) is 11.1. The van der Waals surface area contributed by atoms with Crippen molar-refractivity contribution in [2.75, 3.05) is 40.0 Å². The van der Waals surface area contributed by atoms with E-state index in [9.17, 15) is 4.79 Å². The minimum atomic E-state index is -0.0899. The summed E-state index contributed by atoms with van der Waals surface area (Å²) in [5.41, 5.74) is 5.81. The summed E-state index contributed by atoms with van der Waals surface area (Å²) >= 11 is 0. The number of hydrogen-bond acceptors (Lipinski definition) is 4. The zero-order valence-corrected chi connectivity index (χ0v) is 13.5. The predicted molar refractivity (Wildman–Crippen MR) is 81.6 cm³/mol. The number of unbranched alkanes of at least 4 members (excludes halogenated alkanes) is 1. The van der Waals surface area contributed by atoms with Gasteiger partial charge < -0.3 is 20.5 Å². The summed E-state index contributed by atoms with van der Waals surface area (Å²) in [6.07, 6.45) is 2.68. The summed E-state index contributed by atoms with van der Waals surface area (Å²) in [4.78, 5) is 12.0. The second-order valence-electron chi connectivity index (χ2n) is 6.30. The third kappa shape index (κ3) is 11.2. The Morgan fingerprint density at radius 2 is 1.90 bits per heavy atom. The molecule has 0 bridgehead atoms. The average Bonchev–Trinajstić information content (AvgIpc) is 2.37. The third-order valence-corrected chi connectivity index (χ3v) is 2.96. The quantitative estimate of drug-likeness (QED) is 0.566. The molecular formula is C15H32N2O3. The minimum Gasteiger partial charge on any atom is -0.382 e. The standard InChI is InChI=1S/C15H32N2O3/c1-15(2,3)11-13(12-16)14(18)17-7-5-6-8-20-10-9-19-4/h13H,5-12,16H2,1-4H3,(H,17,18). The van der Waals surface area contributed by atoms with Crippen molar-refractivity contribution in [2.24, 2.45) is 17.1 Å². The Bertz CT molecular complexity index is 252. The van der Waals surface area contributed by atoms with Gasteiger partial charge in [-0.15, -0.1) is 0 Å². The van der Waals surface area contributed by atoms with Crippen molar-refractivity contribution >= 4 is 5.91 Å². The van der Waals surface area contributed by atoms with Crippen LogP contribution in [0.4, 0.5) is 0 Å². The Hall–Kier alpha value is -0.650. The van der Waals surface area contributed by atoms with Gasteiger partial charge in [0.05, 0.1) is 19.1 Å². The fourth-order valence-corrected chi connectivity index (χ4v) is 1.95. The van der Waals surface area contributed by atoms with Crippen LogP contribution >= 0.6 is 0 Å². The molecule has 0 aliphatic heterocycles. The van der Waals surface area contributed by atoms with E-state index in [0.717, 1.165) is 19.3 Å². The lowest BCUT2D eigenvalue weighted by Gasteiger charge is -2.24. The van der Waals surface area contributed by atoms with Crippen molar-refractivity contribution in [1.29, 1.82) is 0 Å². The third-order valence-electron chi connectivity index (χ3n) is 2.96. The molecule has 0 rings (SSSR count). The van der Waals surface area contributed by atoms with Crippen molar-refractivity contribution in [2.45, 2.75) is 40.0 Å². The molecule has 0 spiro atoms. The lowest BCUT2D eigenvalue weighted by molar-refractivity contribution is -0.125. The van der Waals surface area contributed by atoms with Crippen molar-refractivity contribution in [3.8, 4) is 0 Å². The Morgan fingerprint density at radius 1 is 1.20 bits per heavy atom. The molecule has 5 heteroatoms. The Morgan fingerprint density at radius 3 is 2.45 bits per heavy atom. The van der Waals surface area contributed by atoms with Crippen LogP contribution in [-0.4, -0.2) is 45.9 Å². The number of nitrogens with two attached hydrogens (primary N) is 1. The molecule has 1 amide bonds. The number of carbonyl (C=O) groups is 1. The number of rotatable bonds is 11. The van der Waals surface area contributed by atoms with Crippen LogP contribution < -0.4 is 11.1 Å². The van der Waals surface area contributed by atoms with E-state index < -0.39 is 0 Å². The maximum absolute atomic E-state index is 12.0. The van der Waals surface area contributed by atoms with E-state index in [1.165, 1.54) is 0 Å². The van der Waals surface area contributed by atoms with E-state index in [4.69, 9.17) is 15.2 Å². The first-order valence-corrected chi connectivity index (χ1v) is 7.45. The summed E-state index contributed by atoms with van der Waals surface area (Å²) in [5.74, 6) is -0.0179. The Balaban J connectivity index is 3.65. The number of amides is 1. The van der Waals surface area contributed by atoms with E-state index in [1.54, 1.807) is 7.11 Å². The minimum absolute atomic E-state index is 0.0720. The van der Waals surface area contributed by atoms with Gasteiger partial charge in [0, 0.05) is 26.8 Å². The number of hydrogen-bond donors (Lipinski definition) is 2. The summed E-state index contributed by atoms with van der Waals surface area (Å²) in [5, 5.41) is 2.96. The van der Waals surface area contributed by atoms with Gasteiger partial charge in [0.1, 0.15) is 0 Å². The highest BCUT2D eigenvalue weighted by molar-refractivity contribution is 5.78. The molecule has 120 valence electrons. The van der Waals surface area contributed by atoms with Crippen molar-refractivity contribution in [3.63, 3.8) is 0 Å². The highest BCUT2D eigenvalue weighted by Crippen LogP contribution is 2.23. The molecule has 0 aromatic heterocycles. The highest BCUT2D eigenvalue weighted by Gasteiger charge is 2.23. The molecule has 0 aromatic rings. The fraction of sp³-hybridized carbons (Fsp3) is 0.933. The summed E-state index contributed by atoms with van der Waals surface area (Å²) in [6, 6.07) is 0. The zero-order chi connectivity index (χ0) is 15.4. The maximum Gasteiger partial charge on any atom is 0.224 e. The molecule has 0 aliphatic carbocycles. The van der Waals surface area contributed by atoms with E-state index in [2.05, 4.69) is 26.1 Å². The first-order valence-electron chi connectivity index (χ1n) is 7.45. The summed E-state index contributed by atoms with van der Waals surface area (Å²) < 4.78 is 10.2. The molecule has 0 aliphatic rings. The van der Waals surface area contributed by atoms with Crippen LogP contribution in [0.5, 0.6) is 0 Å². The van der Waals surface area contributed by atoms with Crippen molar-refractivity contribution in [3.05, 3.63) is 0 Å². The molecule has 20 heavy (non-hydrogen) atoms. The average molecular weight is 288 g/mol. The first-order chi connectivity index (χ1) is 9.40. The number of ether oxygens (including phenoxy) is 2. The van der Waals surface area contributed by atoms with Gasteiger partial charge >= 0.3 is 0 Å². The van der Waals surface area contributed by atoms with Gasteiger partial charge in [-0.2, -0.15) is 0 Å². The van der Waals surface area contributed by atoms with Crippen LogP contribution in [0.1, 0.15) is 40.0 Å². The highest BCUT2D eigenvalue weighted by atomic mass is 16.5. The van der Waals surface area contributed by atoms with E-state index in [-0.39, 0.29) is 17.2 Å². The summed E-state index contributed by atoms with van der Waals surface area (Å²) in [7, 11) is 1.66. The van der Waals surface area contributed by atoms with Crippen LogP contribution in [0.25, 0.3) is 0 Å². The Kier molecular flexibility index (Phi) is 10.7. The van der Waals surface area contributed by atoms with Crippen LogP contribution in [-0.2, 0) is 14.3 Å². The predicted octanol–water partition coefficient (Wildman–Crippen LogP) is 1.56. The lowest BCUT2D eigenvalue weighted by atomic mass is 9.84. The van der Waals surface area contributed by atoms with Crippen LogP contribution in [0.3, 0.4) is 0 Å². The Labute approximate surface area is 123 Å². The molecular weight excluding hydrogens is 256 g/mol. The molecule has 0 heterocycles. The van der Waals surface area contributed by atoms with Crippen LogP contribution in [0, 0.1) is 11.3 Å². The SMILES string of the molecule is COCCOCCCCNC(=O)C(CN)CC(C)(C)C. The number of carbonyl (C=O) groups excluding carboxylic acids is 1. The van der Waals surface area contributed by atoms with E-state index in [0.29, 0.717) is 32.9 Å². The number of nitrogens with one attached hydrogen (secondary N) is 1. The molecule has 0 saturated carbocycles. The van der Waals surface area contributed by atoms with Gasteiger partial charge in [-0.25, -0.2) is 0 Å². The molecule has 5 nitrogen and oxygen atoms in total. The van der Waals surface area contributed by atoms with Crippen molar-refractivity contribution in [1.82, 2.24) is 5.32 Å². The molecule has 1 atom stereocenters. The first kappa shape index (κ1) is 19.4. The molecule has 0 radical (unpaired) electrons. The van der Waals surface area contributed by atoms with Gasteiger partial charge in [-0.1, -0.05) is 20.8 Å². The molecule has 0 fully saturated rings. The maximum atomic E-state index is 12.0. The molecule has 0 saturated heterocycles.